The fraction of sp³-hybridized carbons (Fsp3) is 0.615. The first-order chi connectivity index (χ1) is 8.15. The molecule has 0 fully saturated rings. The second kappa shape index (κ2) is 5.65. The second-order valence-electron chi connectivity index (χ2n) is 4.73. The van der Waals surface area contributed by atoms with Crippen LogP contribution in [0.4, 0.5) is 0 Å². The van der Waals surface area contributed by atoms with Gasteiger partial charge in [0, 0.05) is 28.8 Å². The molecule has 94 valence electrons. The molecule has 0 aromatic carbocycles. The third-order valence-electron chi connectivity index (χ3n) is 3.21. The number of aliphatic carboxylic acids is 1. The standard InChI is InChI=1S/C13H19NO2S/c1-9(5-6-13(15)16)14-8-11-7-10-3-2-4-12(10)17-11/h7,9,14H,2-6,8H2,1H3,(H,15,16). The first-order valence-corrected chi connectivity index (χ1v) is 7.02. The molecule has 1 aromatic heterocycles. The third kappa shape index (κ3) is 3.54. The van der Waals surface area contributed by atoms with Crippen LogP contribution >= 0.6 is 11.3 Å². The lowest BCUT2D eigenvalue weighted by molar-refractivity contribution is -0.137. The fourth-order valence-corrected chi connectivity index (χ4v) is 3.41. The molecule has 3 nitrogen and oxygen atoms in total. The van der Waals surface area contributed by atoms with E-state index < -0.39 is 5.97 Å². The van der Waals surface area contributed by atoms with Crippen molar-refractivity contribution in [3.63, 3.8) is 0 Å². The summed E-state index contributed by atoms with van der Waals surface area (Å²) in [6.07, 6.45) is 4.73. The zero-order valence-electron chi connectivity index (χ0n) is 10.2. The highest BCUT2D eigenvalue weighted by Crippen LogP contribution is 2.30. The summed E-state index contributed by atoms with van der Waals surface area (Å²) in [5.74, 6) is -0.714. The van der Waals surface area contributed by atoms with E-state index in [0.29, 0.717) is 6.42 Å². The molecule has 1 aliphatic carbocycles. The minimum atomic E-state index is -0.714. The number of hydrogen-bond acceptors (Lipinski definition) is 3. The number of rotatable bonds is 6. The van der Waals surface area contributed by atoms with E-state index in [9.17, 15) is 4.79 Å². The van der Waals surface area contributed by atoms with Crippen LogP contribution < -0.4 is 5.32 Å². The van der Waals surface area contributed by atoms with Gasteiger partial charge in [0.15, 0.2) is 0 Å². The molecular formula is C13H19NO2S. The van der Waals surface area contributed by atoms with E-state index in [-0.39, 0.29) is 12.5 Å². The predicted octanol–water partition coefficient (Wildman–Crippen LogP) is 2.58. The van der Waals surface area contributed by atoms with Crippen LogP contribution in [0.15, 0.2) is 6.07 Å². The lowest BCUT2D eigenvalue weighted by Gasteiger charge is -2.11. The van der Waals surface area contributed by atoms with Gasteiger partial charge in [0.2, 0.25) is 0 Å². The maximum absolute atomic E-state index is 10.4. The lowest BCUT2D eigenvalue weighted by atomic mass is 10.2. The van der Waals surface area contributed by atoms with Gasteiger partial charge in [-0.2, -0.15) is 0 Å². The monoisotopic (exact) mass is 253 g/mol. The van der Waals surface area contributed by atoms with Gasteiger partial charge in [-0.15, -0.1) is 11.3 Å². The van der Waals surface area contributed by atoms with Crippen LogP contribution in [0.5, 0.6) is 0 Å². The number of aryl methyl sites for hydroxylation is 2. The first-order valence-electron chi connectivity index (χ1n) is 6.21. The second-order valence-corrected chi connectivity index (χ2v) is 5.95. The van der Waals surface area contributed by atoms with Crippen molar-refractivity contribution in [2.45, 2.75) is 51.6 Å². The van der Waals surface area contributed by atoms with Crippen LogP contribution in [0.3, 0.4) is 0 Å². The molecule has 1 aliphatic rings. The topological polar surface area (TPSA) is 49.3 Å². The predicted molar refractivity (Wildman–Crippen MR) is 69.5 cm³/mol. The SMILES string of the molecule is CC(CCC(=O)O)NCc1cc2c(s1)CCC2. The molecule has 0 spiro atoms. The van der Waals surface area contributed by atoms with Gasteiger partial charge >= 0.3 is 5.97 Å². The van der Waals surface area contributed by atoms with Crippen LogP contribution in [0.1, 0.15) is 41.5 Å². The summed E-state index contributed by atoms with van der Waals surface area (Å²) in [4.78, 5) is 13.4. The Morgan fingerprint density at radius 2 is 2.41 bits per heavy atom. The van der Waals surface area contributed by atoms with E-state index in [2.05, 4.69) is 11.4 Å². The summed E-state index contributed by atoms with van der Waals surface area (Å²) in [6.45, 7) is 2.92. The number of hydrogen-bond donors (Lipinski definition) is 2. The highest BCUT2D eigenvalue weighted by Gasteiger charge is 2.14. The number of carboxylic acid groups (broad SMARTS) is 1. The van der Waals surface area contributed by atoms with Crippen molar-refractivity contribution >= 4 is 17.3 Å². The largest absolute Gasteiger partial charge is 0.481 e. The summed E-state index contributed by atoms with van der Waals surface area (Å²) >= 11 is 1.91. The van der Waals surface area contributed by atoms with Gasteiger partial charge in [0.05, 0.1) is 0 Å². The van der Waals surface area contributed by atoms with Crippen molar-refractivity contribution in [3.8, 4) is 0 Å². The first kappa shape index (κ1) is 12.6. The van der Waals surface area contributed by atoms with Crippen LogP contribution in [0.25, 0.3) is 0 Å². The summed E-state index contributed by atoms with van der Waals surface area (Å²) in [6, 6.07) is 2.58. The molecule has 0 radical (unpaired) electrons. The van der Waals surface area contributed by atoms with Gasteiger partial charge in [0.25, 0.3) is 0 Å². The molecule has 17 heavy (non-hydrogen) atoms. The van der Waals surface area contributed by atoms with Crippen LogP contribution in [0.2, 0.25) is 0 Å². The van der Waals surface area contributed by atoms with E-state index in [1.165, 1.54) is 29.7 Å². The van der Waals surface area contributed by atoms with E-state index in [0.717, 1.165) is 6.54 Å². The van der Waals surface area contributed by atoms with E-state index >= 15 is 0 Å². The molecule has 0 saturated heterocycles. The summed E-state index contributed by atoms with van der Waals surface area (Å²) in [7, 11) is 0. The summed E-state index contributed by atoms with van der Waals surface area (Å²) in [5.41, 5.74) is 1.53. The van der Waals surface area contributed by atoms with Crippen molar-refractivity contribution in [2.75, 3.05) is 0 Å². The quantitative estimate of drug-likeness (QED) is 0.819. The van der Waals surface area contributed by atoms with Gasteiger partial charge in [-0.1, -0.05) is 0 Å². The van der Waals surface area contributed by atoms with Crippen molar-refractivity contribution in [1.82, 2.24) is 5.32 Å². The minimum Gasteiger partial charge on any atom is -0.481 e. The highest BCUT2D eigenvalue weighted by molar-refractivity contribution is 7.12. The third-order valence-corrected chi connectivity index (χ3v) is 4.45. The molecule has 2 rings (SSSR count). The fourth-order valence-electron chi connectivity index (χ4n) is 2.19. The highest BCUT2D eigenvalue weighted by atomic mass is 32.1. The molecule has 0 aliphatic heterocycles. The Bertz CT molecular complexity index is 379. The molecule has 2 N–H and O–H groups in total. The van der Waals surface area contributed by atoms with E-state index in [1.54, 1.807) is 4.88 Å². The van der Waals surface area contributed by atoms with Crippen LogP contribution in [-0.2, 0) is 24.2 Å². The van der Waals surface area contributed by atoms with Gasteiger partial charge in [0.1, 0.15) is 0 Å². The molecule has 4 heteroatoms. The normalized spacial score (nSPS) is 15.8. The number of thiophene rings is 1. The number of carboxylic acids is 1. The number of carbonyl (C=O) groups is 1. The Hall–Kier alpha value is -0.870. The lowest BCUT2D eigenvalue weighted by Crippen LogP contribution is -2.25. The maximum Gasteiger partial charge on any atom is 0.303 e. The van der Waals surface area contributed by atoms with Crippen molar-refractivity contribution in [2.24, 2.45) is 0 Å². The smallest absolute Gasteiger partial charge is 0.303 e. The Morgan fingerprint density at radius 1 is 1.59 bits per heavy atom. The molecule has 0 saturated carbocycles. The zero-order chi connectivity index (χ0) is 12.3. The Labute approximate surface area is 106 Å². The summed E-state index contributed by atoms with van der Waals surface area (Å²) in [5, 5.41) is 12.0. The van der Waals surface area contributed by atoms with Crippen molar-refractivity contribution in [3.05, 3.63) is 21.4 Å². The van der Waals surface area contributed by atoms with Gasteiger partial charge < -0.3 is 10.4 Å². The minimum absolute atomic E-state index is 0.245. The number of nitrogens with one attached hydrogen (secondary N) is 1. The maximum atomic E-state index is 10.4. The Morgan fingerprint density at radius 3 is 3.12 bits per heavy atom. The van der Waals surface area contributed by atoms with Crippen LogP contribution in [0, 0.1) is 0 Å². The molecule has 1 aromatic rings. The van der Waals surface area contributed by atoms with Gasteiger partial charge in [-0.3, -0.25) is 4.79 Å². The Kier molecular flexibility index (Phi) is 4.18. The molecule has 0 amide bonds. The molecule has 1 unspecified atom stereocenters. The number of fused-ring (bicyclic) bond motifs is 1. The molecule has 0 bridgehead atoms. The molecule has 1 atom stereocenters. The zero-order valence-corrected chi connectivity index (χ0v) is 11.0. The molecular weight excluding hydrogens is 234 g/mol. The van der Waals surface area contributed by atoms with E-state index in [1.807, 2.05) is 18.3 Å². The van der Waals surface area contributed by atoms with Gasteiger partial charge in [-0.25, -0.2) is 0 Å². The van der Waals surface area contributed by atoms with Crippen molar-refractivity contribution in [1.29, 1.82) is 0 Å². The molecule has 1 heterocycles. The van der Waals surface area contributed by atoms with Gasteiger partial charge in [-0.05, 0) is 44.2 Å². The summed E-state index contributed by atoms with van der Waals surface area (Å²) < 4.78 is 0. The average molecular weight is 253 g/mol. The van der Waals surface area contributed by atoms with E-state index in [4.69, 9.17) is 5.11 Å². The van der Waals surface area contributed by atoms with Crippen LogP contribution in [-0.4, -0.2) is 17.1 Å². The Balaban J connectivity index is 1.75. The van der Waals surface area contributed by atoms with Crippen molar-refractivity contribution < 1.29 is 9.90 Å². The average Bonchev–Trinajstić information content (AvgIpc) is 2.83.